The highest BCUT2D eigenvalue weighted by Gasteiger charge is 2.37. The van der Waals surface area contributed by atoms with E-state index in [4.69, 9.17) is 9.84 Å². The fourth-order valence-electron chi connectivity index (χ4n) is 2.03. The maximum atomic E-state index is 12.3. The van der Waals surface area contributed by atoms with Crippen molar-refractivity contribution >= 4 is 5.69 Å². The van der Waals surface area contributed by atoms with E-state index < -0.39 is 25.2 Å². The van der Waals surface area contributed by atoms with Crippen LogP contribution in [0.5, 0.6) is 11.5 Å². The average molecular weight is 395 g/mol. The molecule has 27 heavy (non-hydrogen) atoms. The van der Waals surface area contributed by atoms with Crippen molar-refractivity contribution in [1.82, 2.24) is 0 Å². The normalized spacial score (nSPS) is 13.1. The van der Waals surface area contributed by atoms with Crippen LogP contribution in [0.1, 0.15) is 5.56 Å². The van der Waals surface area contributed by atoms with Crippen LogP contribution in [-0.2, 0) is 6.61 Å². The van der Waals surface area contributed by atoms with Gasteiger partial charge in [0, 0.05) is 18.3 Å². The number of rotatable bonds is 7. The first-order chi connectivity index (χ1) is 12.5. The summed E-state index contributed by atoms with van der Waals surface area (Å²) < 4.78 is 82.8. The molecule has 2 aromatic rings. The number of ether oxygens (including phenoxy) is 2. The summed E-state index contributed by atoms with van der Waals surface area (Å²) in [6, 6.07) is 11.1. The van der Waals surface area contributed by atoms with Crippen molar-refractivity contribution in [2.75, 3.05) is 11.9 Å². The number of hydrogen-bond donors (Lipinski definition) is 2. The molecule has 0 aliphatic carbocycles. The van der Waals surface area contributed by atoms with Crippen LogP contribution in [0.25, 0.3) is 0 Å². The number of aliphatic hydroxyl groups is 1. The van der Waals surface area contributed by atoms with Crippen LogP contribution < -0.4 is 14.8 Å². The number of alkyl halides is 6. The maximum Gasteiger partial charge on any atom is 0.573 e. The van der Waals surface area contributed by atoms with E-state index in [1.807, 2.05) is 0 Å². The number of halogens is 6. The van der Waals surface area contributed by atoms with E-state index in [0.717, 1.165) is 12.1 Å². The predicted octanol–water partition coefficient (Wildman–Crippen LogP) is 4.50. The second kappa shape index (κ2) is 8.38. The van der Waals surface area contributed by atoms with Crippen molar-refractivity contribution in [3.05, 3.63) is 54.1 Å². The Kier molecular flexibility index (Phi) is 6.42. The summed E-state index contributed by atoms with van der Waals surface area (Å²) in [4.78, 5) is 0. The standard InChI is InChI=1S/C17H15F6NO3/c18-16(19,20)15(25)9-24-12-4-2-5-13(8-12)26-10-11-3-1-6-14(7-11)27-17(21,22)23/h1-8,15,24-25H,9-10H2. The third kappa shape index (κ3) is 7.26. The molecule has 1 unspecified atom stereocenters. The Bertz CT molecular complexity index is 748. The van der Waals surface area contributed by atoms with Crippen LogP contribution in [0.2, 0.25) is 0 Å². The topological polar surface area (TPSA) is 50.7 Å². The highest BCUT2D eigenvalue weighted by atomic mass is 19.4. The Morgan fingerprint density at radius 1 is 0.926 bits per heavy atom. The van der Waals surface area contributed by atoms with Gasteiger partial charge in [-0.05, 0) is 29.8 Å². The quantitative estimate of drug-likeness (QED) is 0.678. The zero-order valence-electron chi connectivity index (χ0n) is 13.6. The summed E-state index contributed by atoms with van der Waals surface area (Å²) in [6.07, 6.45) is -12.1. The molecular weight excluding hydrogens is 380 g/mol. The largest absolute Gasteiger partial charge is 0.573 e. The SMILES string of the molecule is OC(CNc1cccc(OCc2cccc(OC(F)(F)F)c2)c1)C(F)(F)F. The lowest BCUT2D eigenvalue weighted by Crippen LogP contribution is -2.34. The van der Waals surface area contributed by atoms with Crippen molar-refractivity contribution in [1.29, 1.82) is 0 Å². The van der Waals surface area contributed by atoms with Gasteiger partial charge in [-0.25, -0.2) is 0 Å². The van der Waals surface area contributed by atoms with Gasteiger partial charge in [0.1, 0.15) is 18.1 Å². The molecular formula is C17H15F6NO3. The smallest absolute Gasteiger partial charge is 0.489 e. The fourth-order valence-corrected chi connectivity index (χ4v) is 2.03. The van der Waals surface area contributed by atoms with Gasteiger partial charge in [0.15, 0.2) is 6.10 Å². The summed E-state index contributed by atoms with van der Waals surface area (Å²) in [5.74, 6) is -0.108. The molecule has 0 radical (unpaired) electrons. The lowest BCUT2D eigenvalue weighted by Gasteiger charge is -2.16. The van der Waals surface area contributed by atoms with Crippen molar-refractivity contribution in [3.63, 3.8) is 0 Å². The molecule has 0 saturated carbocycles. The first-order valence-corrected chi connectivity index (χ1v) is 7.59. The van der Waals surface area contributed by atoms with Crippen molar-refractivity contribution < 1.29 is 40.9 Å². The van der Waals surface area contributed by atoms with E-state index in [-0.39, 0.29) is 23.8 Å². The lowest BCUT2D eigenvalue weighted by atomic mass is 10.2. The summed E-state index contributed by atoms with van der Waals surface area (Å²) in [7, 11) is 0. The predicted molar refractivity (Wildman–Crippen MR) is 84.5 cm³/mol. The van der Waals surface area contributed by atoms with E-state index in [2.05, 4.69) is 10.1 Å². The van der Waals surface area contributed by atoms with Crippen molar-refractivity contribution in [2.45, 2.75) is 25.2 Å². The van der Waals surface area contributed by atoms with Crippen LogP contribution in [0.4, 0.5) is 32.0 Å². The van der Waals surface area contributed by atoms with E-state index in [0.29, 0.717) is 5.56 Å². The van der Waals surface area contributed by atoms with Gasteiger partial charge in [0.05, 0.1) is 0 Å². The van der Waals surface area contributed by atoms with Gasteiger partial charge in [-0.2, -0.15) is 13.2 Å². The second-order valence-corrected chi connectivity index (χ2v) is 5.45. The molecule has 4 nitrogen and oxygen atoms in total. The van der Waals surface area contributed by atoms with Gasteiger partial charge in [-0.1, -0.05) is 18.2 Å². The van der Waals surface area contributed by atoms with Gasteiger partial charge in [-0.15, -0.1) is 13.2 Å². The molecule has 148 valence electrons. The summed E-state index contributed by atoms with van der Waals surface area (Å²) in [5.41, 5.74) is 0.688. The minimum absolute atomic E-state index is 0.0797. The van der Waals surface area contributed by atoms with Gasteiger partial charge in [0.2, 0.25) is 0 Å². The van der Waals surface area contributed by atoms with E-state index in [9.17, 15) is 26.3 Å². The van der Waals surface area contributed by atoms with Crippen LogP contribution in [-0.4, -0.2) is 30.3 Å². The van der Waals surface area contributed by atoms with E-state index in [1.54, 1.807) is 0 Å². The number of aliphatic hydroxyl groups excluding tert-OH is 1. The van der Waals surface area contributed by atoms with E-state index >= 15 is 0 Å². The van der Waals surface area contributed by atoms with E-state index in [1.165, 1.54) is 36.4 Å². The second-order valence-electron chi connectivity index (χ2n) is 5.45. The molecule has 0 aromatic heterocycles. The molecule has 0 aliphatic heterocycles. The first-order valence-electron chi connectivity index (χ1n) is 7.59. The molecule has 10 heteroatoms. The highest BCUT2D eigenvalue weighted by molar-refractivity contribution is 5.48. The Morgan fingerprint density at radius 3 is 2.26 bits per heavy atom. The molecule has 0 aliphatic rings. The van der Waals surface area contributed by atoms with Crippen LogP contribution >= 0.6 is 0 Å². The number of hydrogen-bond acceptors (Lipinski definition) is 4. The van der Waals surface area contributed by atoms with Gasteiger partial charge >= 0.3 is 12.5 Å². The number of nitrogens with one attached hydrogen (secondary N) is 1. The number of anilines is 1. The molecule has 0 saturated heterocycles. The summed E-state index contributed by atoms with van der Waals surface area (Å²) in [5, 5.41) is 11.4. The maximum absolute atomic E-state index is 12.3. The van der Waals surface area contributed by atoms with Crippen LogP contribution in [0.15, 0.2) is 48.5 Å². The molecule has 2 aromatic carbocycles. The number of benzene rings is 2. The zero-order chi connectivity index (χ0) is 20.1. The Hall–Kier alpha value is -2.62. The Balaban J connectivity index is 1.94. The third-order valence-corrected chi connectivity index (χ3v) is 3.25. The molecule has 0 bridgehead atoms. The fraction of sp³-hybridized carbons (Fsp3) is 0.294. The minimum Gasteiger partial charge on any atom is -0.489 e. The summed E-state index contributed by atoms with van der Waals surface area (Å²) >= 11 is 0. The monoisotopic (exact) mass is 395 g/mol. The summed E-state index contributed by atoms with van der Waals surface area (Å²) in [6.45, 7) is -0.812. The van der Waals surface area contributed by atoms with Gasteiger partial charge in [0.25, 0.3) is 0 Å². The van der Waals surface area contributed by atoms with Crippen LogP contribution in [0, 0.1) is 0 Å². The van der Waals surface area contributed by atoms with Crippen LogP contribution in [0.3, 0.4) is 0 Å². The molecule has 1 atom stereocenters. The minimum atomic E-state index is -4.81. The molecule has 0 spiro atoms. The average Bonchev–Trinajstić information content (AvgIpc) is 2.56. The van der Waals surface area contributed by atoms with Crippen molar-refractivity contribution in [2.24, 2.45) is 0 Å². The zero-order valence-corrected chi connectivity index (χ0v) is 13.6. The first kappa shape index (κ1) is 20.7. The molecule has 0 fully saturated rings. The molecule has 2 rings (SSSR count). The molecule has 0 heterocycles. The van der Waals surface area contributed by atoms with Gasteiger partial charge in [-0.3, -0.25) is 0 Å². The van der Waals surface area contributed by atoms with Crippen molar-refractivity contribution in [3.8, 4) is 11.5 Å². The van der Waals surface area contributed by atoms with Gasteiger partial charge < -0.3 is 19.9 Å². The third-order valence-electron chi connectivity index (χ3n) is 3.25. The Morgan fingerprint density at radius 2 is 1.59 bits per heavy atom. The molecule has 0 amide bonds. The Labute approximate surface area is 150 Å². The molecule has 2 N–H and O–H groups in total. The highest BCUT2D eigenvalue weighted by Crippen LogP contribution is 2.25. The lowest BCUT2D eigenvalue weighted by molar-refractivity contribution is -0.274.